The standard InChI is InChI=1S/C16H27N3O2S/c1-4-5-6-7-15(20)18-16-17-14(11-22-16)10-19-8-12(2)21-13(3)9-19/h11-13H,4-10H2,1-3H3,(H,17,18,20). The molecule has 0 spiro atoms. The summed E-state index contributed by atoms with van der Waals surface area (Å²) in [6, 6.07) is 0. The highest BCUT2D eigenvalue weighted by molar-refractivity contribution is 7.13. The van der Waals surface area contributed by atoms with Crippen molar-refractivity contribution in [3.63, 3.8) is 0 Å². The molecule has 0 radical (unpaired) electrons. The Morgan fingerprint density at radius 1 is 1.41 bits per heavy atom. The van der Waals surface area contributed by atoms with E-state index in [0.717, 1.165) is 44.6 Å². The van der Waals surface area contributed by atoms with Gasteiger partial charge in [-0.15, -0.1) is 11.3 Å². The molecular weight excluding hydrogens is 298 g/mol. The van der Waals surface area contributed by atoms with Gasteiger partial charge in [-0.1, -0.05) is 19.8 Å². The Kier molecular flexibility index (Phi) is 6.79. The predicted molar refractivity (Wildman–Crippen MR) is 90.2 cm³/mol. The number of nitrogens with one attached hydrogen (secondary N) is 1. The number of hydrogen-bond acceptors (Lipinski definition) is 5. The molecule has 22 heavy (non-hydrogen) atoms. The van der Waals surface area contributed by atoms with Gasteiger partial charge in [0.25, 0.3) is 0 Å². The maximum Gasteiger partial charge on any atom is 0.226 e. The first-order chi connectivity index (χ1) is 10.6. The number of anilines is 1. The fourth-order valence-corrected chi connectivity index (χ4v) is 3.51. The van der Waals surface area contributed by atoms with E-state index < -0.39 is 0 Å². The third-order valence-electron chi connectivity index (χ3n) is 3.69. The number of amides is 1. The SMILES string of the molecule is CCCCCC(=O)Nc1nc(CN2CC(C)OC(C)C2)cs1. The molecule has 1 fully saturated rings. The van der Waals surface area contributed by atoms with Gasteiger partial charge in [0, 0.05) is 31.4 Å². The lowest BCUT2D eigenvalue weighted by Gasteiger charge is -2.34. The quantitative estimate of drug-likeness (QED) is 0.782. The van der Waals surface area contributed by atoms with Crippen LogP contribution in [0.3, 0.4) is 0 Å². The second-order valence-corrected chi connectivity index (χ2v) is 6.96. The first-order valence-electron chi connectivity index (χ1n) is 8.19. The summed E-state index contributed by atoms with van der Waals surface area (Å²) in [5, 5.41) is 5.65. The lowest BCUT2D eigenvalue weighted by molar-refractivity contribution is -0.116. The fourth-order valence-electron chi connectivity index (χ4n) is 2.80. The highest BCUT2D eigenvalue weighted by atomic mass is 32.1. The Morgan fingerprint density at radius 3 is 2.82 bits per heavy atom. The Hall–Kier alpha value is -0.980. The van der Waals surface area contributed by atoms with E-state index in [1.807, 2.05) is 5.38 Å². The van der Waals surface area contributed by atoms with E-state index >= 15 is 0 Å². The van der Waals surface area contributed by atoms with E-state index in [1.54, 1.807) is 0 Å². The predicted octanol–water partition coefficient (Wildman–Crippen LogP) is 3.27. The minimum atomic E-state index is 0.0722. The van der Waals surface area contributed by atoms with Crippen LogP contribution >= 0.6 is 11.3 Å². The van der Waals surface area contributed by atoms with E-state index in [4.69, 9.17) is 4.74 Å². The average molecular weight is 325 g/mol. The van der Waals surface area contributed by atoms with Gasteiger partial charge < -0.3 is 10.1 Å². The van der Waals surface area contributed by atoms with Crippen molar-refractivity contribution in [2.75, 3.05) is 18.4 Å². The van der Waals surface area contributed by atoms with E-state index in [1.165, 1.54) is 11.3 Å². The van der Waals surface area contributed by atoms with Gasteiger partial charge in [0.15, 0.2) is 5.13 Å². The largest absolute Gasteiger partial charge is 0.373 e. The molecule has 0 aliphatic carbocycles. The van der Waals surface area contributed by atoms with E-state index in [-0.39, 0.29) is 18.1 Å². The van der Waals surface area contributed by atoms with Crippen molar-refractivity contribution in [2.24, 2.45) is 0 Å². The summed E-state index contributed by atoms with van der Waals surface area (Å²) in [6.45, 7) is 9.02. The lowest BCUT2D eigenvalue weighted by Crippen LogP contribution is -2.44. The molecule has 1 aliphatic rings. The summed E-state index contributed by atoms with van der Waals surface area (Å²) in [5.74, 6) is 0.0722. The van der Waals surface area contributed by atoms with Crippen LogP contribution in [0.5, 0.6) is 0 Å². The lowest BCUT2D eigenvalue weighted by atomic mass is 10.2. The second kappa shape index (κ2) is 8.60. The topological polar surface area (TPSA) is 54.5 Å². The molecular formula is C16H27N3O2S. The van der Waals surface area contributed by atoms with Gasteiger partial charge in [-0.05, 0) is 20.3 Å². The molecule has 1 amide bonds. The molecule has 1 aromatic rings. The molecule has 1 aliphatic heterocycles. The summed E-state index contributed by atoms with van der Waals surface area (Å²) >= 11 is 1.51. The fraction of sp³-hybridized carbons (Fsp3) is 0.750. The van der Waals surface area contributed by atoms with Crippen molar-refractivity contribution in [3.8, 4) is 0 Å². The van der Waals surface area contributed by atoms with Crippen LogP contribution in [0.2, 0.25) is 0 Å². The Bertz CT molecular complexity index is 468. The normalized spacial score (nSPS) is 22.7. The van der Waals surface area contributed by atoms with E-state index in [9.17, 15) is 4.79 Å². The van der Waals surface area contributed by atoms with Crippen LogP contribution in [0, 0.1) is 0 Å². The number of morpholine rings is 1. The molecule has 6 heteroatoms. The van der Waals surface area contributed by atoms with E-state index in [2.05, 4.69) is 36.0 Å². The maximum absolute atomic E-state index is 11.8. The van der Waals surface area contributed by atoms with Crippen LogP contribution in [-0.4, -0.2) is 41.1 Å². The molecule has 1 saturated heterocycles. The monoisotopic (exact) mass is 325 g/mol. The van der Waals surface area contributed by atoms with Gasteiger partial charge in [-0.2, -0.15) is 0 Å². The number of ether oxygens (including phenoxy) is 1. The van der Waals surface area contributed by atoms with Crippen molar-refractivity contribution in [3.05, 3.63) is 11.1 Å². The number of thiazole rings is 1. The van der Waals surface area contributed by atoms with Crippen LogP contribution in [0.15, 0.2) is 5.38 Å². The molecule has 5 nitrogen and oxygen atoms in total. The molecule has 1 N–H and O–H groups in total. The molecule has 0 saturated carbocycles. The summed E-state index contributed by atoms with van der Waals surface area (Å²) in [4.78, 5) is 18.7. The molecule has 1 aromatic heterocycles. The number of carbonyl (C=O) groups excluding carboxylic acids is 1. The molecule has 2 rings (SSSR count). The zero-order valence-electron chi connectivity index (χ0n) is 13.8. The van der Waals surface area contributed by atoms with Crippen LogP contribution in [0.1, 0.15) is 52.1 Å². The third kappa shape index (κ3) is 5.66. The minimum absolute atomic E-state index is 0.0722. The minimum Gasteiger partial charge on any atom is -0.373 e. The number of hydrogen-bond donors (Lipinski definition) is 1. The van der Waals surface area contributed by atoms with Crippen molar-refractivity contribution in [1.29, 1.82) is 0 Å². The summed E-state index contributed by atoms with van der Waals surface area (Å²) in [5.41, 5.74) is 1.02. The third-order valence-corrected chi connectivity index (χ3v) is 4.49. The summed E-state index contributed by atoms with van der Waals surface area (Å²) in [7, 11) is 0. The zero-order valence-corrected chi connectivity index (χ0v) is 14.6. The molecule has 2 atom stereocenters. The maximum atomic E-state index is 11.8. The molecule has 2 unspecified atom stereocenters. The molecule has 0 bridgehead atoms. The second-order valence-electron chi connectivity index (χ2n) is 6.10. The molecule has 124 valence electrons. The zero-order chi connectivity index (χ0) is 15.9. The first kappa shape index (κ1) is 17.4. The van der Waals surface area contributed by atoms with Crippen LogP contribution in [0.4, 0.5) is 5.13 Å². The number of rotatable bonds is 7. The van der Waals surface area contributed by atoms with Gasteiger partial charge in [0.05, 0.1) is 17.9 Å². The number of aromatic nitrogens is 1. The highest BCUT2D eigenvalue weighted by Crippen LogP contribution is 2.19. The molecule has 2 heterocycles. The number of carbonyl (C=O) groups is 1. The summed E-state index contributed by atoms with van der Waals surface area (Å²) in [6.07, 6.45) is 4.29. The smallest absolute Gasteiger partial charge is 0.226 e. The van der Waals surface area contributed by atoms with Crippen LogP contribution in [-0.2, 0) is 16.1 Å². The first-order valence-corrected chi connectivity index (χ1v) is 9.06. The summed E-state index contributed by atoms with van der Waals surface area (Å²) < 4.78 is 5.74. The average Bonchev–Trinajstić information content (AvgIpc) is 2.85. The van der Waals surface area contributed by atoms with Crippen molar-refractivity contribution in [1.82, 2.24) is 9.88 Å². The Balaban J connectivity index is 1.79. The van der Waals surface area contributed by atoms with Crippen LogP contribution < -0.4 is 5.32 Å². The van der Waals surface area contributed by atoms with Crippen molar-refractivity contribution >= 4 is 22.4 Å². The Labute approximate surface area is 137 Å². The van der Waals surface area contributed by atoms with Gasteiger partial charge >= 0.3 is 0 Å². The van der Waals surface area contributed by atoms with Crippen molar-refractivity contribution < 1.29 is 9.53 Å². The highest BCUT2D eigenvalue weighted by Gasteiger charge is 2.22. The number of nitrogens with zero attached hydrogens (tertiary/aromatic N) is 2. The van der Waals surface area contributed by atoms with Crippen molar-refractivity contribution in [2.45, 2.75) is 65.2 Å². The van der Waals surface area contributed by atoms with Crippen LogP contribution in [0.25, 0.3) is 0 Å². The number of unbranched alkanes of at least 4 members (excludes halogenated alkanes) is 2. The van der Waals surface area contributed by atoms with Gasteiger partial charge in [-0.25, -0.2) is 4.98 Å². The van der Waals surface area contributed by atoms with Gasteiger partial charge in [-0.3, -0.25) is 9.69 Å². The van der Waals surface area contributed by atoms with Gasteiger partial charge in [0.2, 0.25) is 5.91 Å². The molecule has 0 aromatic carbocycles. The van der Waals surface area contributed by atoms with E-state index in [0.29, 0.717) is 11.6 Å². The van der Waals surface area contributed by atoms with Gasteiger partial charge in [0.1, 0.15) is 0 Å². The Morgan fingerprint density at radius 2 is 2.14 bits per heavy atom.